The van der Waals surface area contributed by atoms with Crippen molar-refractivity contribution in [1.82, 2.24) is 5.06 Å². The Hall–Kier alpha value is -2.52. The fourth-order valence-corrected chi connectivity index (χ4v) is 2.95. The molecule has 0 fully saturated rings. The molecule has 1 N–H and O–H groups in total. The Labute approximate surface area is 193 Å². The van der Waals surface area contributed by atoms with Gasteiger partial charge in [-0.25, -0.2) is 5.06 Å². The van der Waals surface area contributed by atoms with E-state index in [9.17, 15) is 24.2 Å². The fourth-order valence-electron chi connectivity index (χ4n) is 1.95. The van der Waals surface area contributed by atoms with Gasteiger partial charge in [-0.05, 0) is 53.7 Å². The van der Waals surface area contributed by atoms with E-state index in [1.165, 1.54) is 18.2 Å². The van der Waals surface area contributed by atoms with Crippen LogP contribution in [0.5, 0.6) is 0 Å². The molecule has 0 saturated carbocycles. The van der Waals surface area contributed by atoms with Crippen molar-refractivity contribution in [3.8, 4) is 0 Å². The first-order valence-corrected chi connectivity index (χ1v) is 11.7. The zero-order chi connectivity index (χ0) is 25.3. The van der Waals surface area contributed by atoms with Crippen LogP contribution in [0.2, 0.25) is 0 Å². The Balaban J connectivity index is 2.80. The number of carbonyl (C=O) groups excluding carboxylic acids is 3. The minimum absolute atomic E-state index is 0.257. The lowest BCUT2D eigenvalue weighted by Crippen LogP contribution is -2.27. The van der Waals surface area contributed by atoms with E-state index in [1.807, 2.05) is 0 Å². The number of nitrogens with zero attached hydrogens (tertiary/aromatic N) is 1. The maximum Gasteiger partial charge on any atom is 0.359 e. The van der Waals surface area contributed by atoms with Crippen molar-refractivity contribution in [2.45, 2.75) is 41.5 Å². The molecule has 0 aromatic heterocycles. The van der Waals surface area contributed by atoms with Crippen molar-refractivity contribution in [3.63, 3.8) is 0 Å². The highest BCUT2D eigenvalue weighted by Crippen LogP contribution is 2.50. The van der Waals surface area contributed by atoms with Gasteiger partial charge >= 0.3 is 19.5 Å². The van der Waals surface area contributed by atoms with Gasteiger partial charge in [0, 0.05) is 11.4 Å². The number of hydrogen-bond donors (Lipinski definition) is 1. The van der Waals surface area contributed by atoms with Gasteiger partial charge in [0.25, 0.3) is 5.91 Å². The van der Waals surface area contributed by atoms with E-state index in [-0.39, 0.29) is 12.1 Å². The van der Waals surface area contributed by atoms with Crippen molar-refractivity contribution in [2.24, 2.45) is 10.8 Å². The van der Waals surface area contributed by atoms with E-state index >= 15 is 0 Å². The average Bonchev–Trinajstić information content (AvgIpc) is 2.72. The predicted molar refractivity (Wildman–Crippen MR) is 119 cm³/mol. The van der Waals surface area contributed by atoms with Gasteiger partial charge in [0.2, 0.25) is 13.6 Å². The van der Waals surface area contributed by atoms with E-state index in [4.69, 9.17) is 18.5 Å². The lowest BCUT2D eigenvalue weighted by molar-refractivity contribution is -0.161. The molecular weight excluding hydrogens is 453 g/mol. The van der Waals surface area contributed by atoms with Crippen LogP contribution in [0.15, 0.2) is 42.2 Å². The maximum atomic E-state index is 13.0. The van der Waals surface area contributed by atoms with Gasteiger partial charge in [0.05, 0.1) is 17.4 Å². The zero-order valence-electron chi connectivity index (χ0n) is 19.8. The molecular formula is C22H32NO9P. The second-order valence-electron chi connectivity index (χ2n) is 9.04. The molecule has 0 saturated heterocycles. The average molecular weight is 485 g/mol. The highest BCUT2D eigenvalue weighted by atomic mass is 31.2. The molecule has 11 heteroatoms. The topological polar surface area (TPSA) is 129 Å². The normalized spacial score (nSPS) is 12.5. The van der Waals surface area contributed by atoms with Crippen molar-refractivity contribution in [2.75, 3.05) is 20.1 Å². The summed E-state index contributed by atoms with van der Waals surface area (Å²) in [5.74, 6) is -0.876. The largest absolute Gasteiger partial charge is 0.438 e. The Morgan fingerprint density at radius 1 is 0.909 bits per heavy atom. The number of ether oxygens (including phenoxy) is 2. The minimum atomic E-state index is -4.08. The lowest BCUT2D eigenvalue weighted by Gasteiger charge is -2.20. The van der Waals surface area contributed by atoms with Crippen molar-refractivity contribution < 1.29 is 42.7 Å². The van der Waals surface area contributed by atoms with E-state index in [2.05, 4.69) is 0 Å². The highest BCUT2D eigenvalue weighted by molar-refractivity contribution is 7.57. The molecule has 184 valence electrons. The first-order chi connectivity index (χ1) is 15.2. The summed E-state index contributed by atoms with van der Waals surface area (Å²) in [6.45, 7) is 8.11. The number of hydroxylamine groups is 2. The fraction of sp³-hybridized carbons (Fsp3) is 0.500. The third-order valence-corrected chi connectivity index (χ3v) is 5.40. The van der Waals surface area contributed by atoms with Gasteiger partial charge in [-0.1, -0.05) is 24.3 Å². The van der Waals surface area contributed by atoms with Gasteiger partial charge in [-0.15, -0.1) is 0 Å². The number of esters is 2. The Bertz CT molecular complexity index is 849. The smallest absolute Gasteiger partial charge is 0.359 e. The van der Waals surface area contributed by atoms with Crippen LogP contribution in [0.1, 0.15) is 51.9 Å². The molecule has 0 aliphatic heterocycles. The zero-order valence-corrected chi connectivity index (χ0v) is 20.7. The summed E-state index contributed by atoms with van der Waals surface area (Å²) in [4.78, 5) is 35.9. The molecule has 1 rings (SSSR count). The van der Waals surface area contributed by atoms with Crippen LogP contribution >= 0.6 is 7.60 Å². The molecule has 0 radical (unpaired) electrons. The molecule has 0 aliphatic carbocycles. The molecule has 0 spiro atoms. The number of rotatable bonds is 10. The summed E-state index contributed by atoms with van der Waals surface area (Å²) in [6.07, 6.45) is 1.18. The summed E-state index contributed by atoms with van der Waals surface area (Å²) in [5, 5.41) is 10.4. The monoisotopic (exact) mass is 485 g/mol. The molecule has 1 aromatic rings. The maximum absolute atomic E-state index is 13.0. The molecule has 0 bridgehead atoms. The minimum Gasteiger partial charge on any atom is -0.438 e. The van der Waals surface area contributed by atoms with Gasteiger partial charge in [-0.3, -0.25) is 33.2 Å². The van der Waals surface area contributed by atoms with Crippen molar-refractivity contribution in [3.05, 3.63) is 47.8 Å². The molecule has 33 heavy (non-hydrogen) atoms. The van der Waals surface area contributed by atoms with Crippen LogP contribution in [-0.4, -0.2) is 48.2 Å². The molecule has 1 aromatic carbocycles. The standard InChI is InChI=1S/C22H32NO9P/c1-21(2,3)19(25)29-15-31-33(28,32-16-30-20(26)22(4,5)6)14-10-13-23(27)18(24)17-11-8-7-9-12-17/h7-12,14,27H,13,15-16H2,1-6H3/b14-10+. The van der Waals surface area contributed by atoms with E-state index in [0.717, 1.165) is 5.82 Å². The third-order valence-electron chi connectivity index (χ3n) is 3.89. The number of carbonyl (C=O) groups is 3. The second kappa shape index (κ2) is 12.1. The van der Waals surface area contributed by atoms with E-state index < -0.39 is 49.9 Å². The Morgan fingerprint density at radius 2 is 1.36 bits per heavy atom. The molecule has 10 nitrogen and oxygen atoms in total. The first-order valence-electron chi connectivity index (χ1n) is 10.1. The van der Waals surface area contributed by atoms with Crippen LogP contribution in [0.4, 0.5) is 0 Å². The summed E-state index contributed by atoms with van der Waals surface area (Å²) in [5.41, 5.74) is -1.35. The molecule has 0 atom stereocenters. The van der Waals surface area contributed by atoms with Gasteiger partial charge in [0.1, 0.15) is 0 Å². The quantitative estimate of drug-likeness (QED) is 0.169. The lowest BCUT2D eigenvalue weighted by atomic mass is 9.98. The van der Waals surface area contributed by atoms with Crippen LogP contribution in [-0.2, 0) is 32.7 Å². The van der Waals surface area contributed by atoms with Crippen LogP contribution in [0, 0.1) is 10.8 Å². The van der Waals surface area contributed by atoms with E-state index in [1.54, 1.807) is 59.7 Å². The molecule has 1 amide bonds. The predicted octanol–water partition coefficient (Wildman–Crippen LogP) is 4.35. The van der Waals surface area contributed by atoms with Crippen LogP contribution in [0.3, 0.4) is 0 Å². The Kier molecular flexibility index (Phi) is 10.4. The van der Waals surface area contributed by atoms with Crippen LogP contribution in [0.25, 0.3) is 0 Å². The number of hydrogen-bond acceptors (Lipinski definition) is 9. The van der Waals surface area contributed by atoms with Gasteiger partial charge < -0.3 is 9.47 Å². The number of benzene rings is 1. The first kappa shape index (κ1) is 28.5. The third kappa shape index (κ3) is 10.3. The summed E-state index contributed by atoms with van der Waals surface area (Å²) >= 11 is 0. The van der Waals surface area contributed by atoms with Crippen LogP contribution < -0.4 is 0 Å². The molecule has 0 aliphatic rings. The second-order valence-corrected chi connectivity index (χ2v) is 10.9. The molecule has 0 unspecified atom stereocenters. The SMILES string of the molecule is CC(C)(C)C(=O)OCOP(=O)(/C=C/CN(O)C(=O)c1ccccc1)OCOC(=O)C(C)(C)C. The van der Waals surface area contributed by atoms with Crippen molar-refractivity contribution in [1.29, 1.82) is 0 Å². The Morgan fingerprint density at radius 3 is 1.79 bits per heavy atom. The number of amides is 1. The van der Waals surface area contributed by atoms with Gasteiger partial charge in [0.15, 0.2) is 0 Å². The van der Waals surface area contributed by atoms with E-state index in [0.29, 0.717) is 5.06 Å². The molecule has 0 heterocycles. The summed E-state index contributed by atoms with van der Waals surface area (Å²) in [7, 11) is -4.08. The summed E-state index contributed by atoms with van der Waals surface area (Å²) < 4.78 is 33.1. The highest BCUT2D eigenvalue weighted by Gasteiger charge is 2.28. The van der Waals surface area contributed by atoms with Crippen molar-refractivity contribution >= 4 is 25.4 Å². The summed E-state index contributed by atoms with van der Waals surface area (Å²) in [6, 6.07) is 8.07. The van der Waals surface area contributed by atoms with Gasteiger partial charge in [-0.2, -0.15) is 0 Å².